The summed E-state index contributed by atoms with van der Waals surface area (Å²) in [4.78, 5) is 25.8. The Morgan fingerprint density at radius 3 is 2.38 bits per heavy atom. The van der Waals surface area contributed by atoms with E-state index in [9.17, 15) is 4.79 Å². The Bertz CT molecular complexity index is 1380. The van der Waals surface area contributed by atoms with Gasteiger partial charge in [0.05, 0.1) is 25.6 Å². The van der Waals surface area contributed by atoms with Gasteiger partial charge in [0.25, 0.3) is 0 Å². The summed E-state index contributed by atoms with van der Waals surface area (Å²) in [7, 11) is 3.25. The van der Waals surface area contributed by atoms with Crippen LogP contribution in [0.1, 0.15) is 5.56 Å². The Labute approximate surface area is 216 Å². The number of amides is 1. The molecule has 5 rings (SSSR count). The standard InChI is InChI=1S/C28H30N6O3/c1-20-15-22(9-10-25(20)36-2)23-16-24(21-7-5-4-6-8-21)34(31-23)18-28(35)33-13-11-32(12-14-33)26-17-27(37-3)30-19-29-26/h4-10,15-17,19H,11-14,18H2,1-3H3. The monoisotopic (exact) mass is 498 g/mol. The number of carbonyl (C=O) groups is 1. The van der Waals surface area contributed by atoms with E-state index in [1.165, 1.54) is 6.33 Å². The van der Waals surface area contributed by atoms with E-state index in [1.807, 2.05) is 71.1 Å². The van der Waals surface area contributed by atoms with Gasteiger partial charge >= 0.3 is 0 Å². The number of methoxy groups -OCH3 is 2. The maximum atomic E-state index is 13.4. The van der Waals surface area contributed by atoms with Gasteiger partial charge < -0.3 is 19.3 Å². The Morgan fingerprint density at radius 1 is 0.892 bits per heavy atom. The molecule has 0 unspecified atom stereocenters. The van der Waals surface area contributed by atoms with Gasteiger partial charge in [-0.15, -0.1) is 0 Å². The van der Waals surface area contributed by atoms with Crippen LogP contribution in [0.2, 0.25) is 0 Å². The lowest BCUT2D eigenvalue weighted by Crippen LogP contribution is -2.50. The number of ether oxygens (including phenoxy) is 2. The van der Waals surface area contributed by atoms with Gasteiger partial charge in [0.2, 0.25) is 11.8 Å². The smallest absolute Gasteiger partial charge is 0.244 e. The summed E-state index contributed by atoms with van der Waals surface area (Å²) < 4.78 is 12.4. The SMILES string of the molecule is COc1cc(N2CCN(C(=O)Cn3nc(-c4ccc(OC)c(C)c4)cc3-c3ccccc3)CC2)ncn1. The maximum Gasteiger partial charge on any atom is 0.244 e. The number of hydrogen-bond donors (Lipinski definition) is 0. The Balaban J connectivity index is 1.34. The third kappa shape index (κ3) is 5.25. The van der Waals surface area contributed by atoms with Crippen LogP contribution in [-0.4, -0.2) is 71.0 Å². The molecule has 1 aliphatic heterocycles. The lowest BCUT2D eigenvalue weighted by molar-refractivity contribution is -0.132. The van der Waals surface area contributed by atoms with Crippen molar-refractivity contribution in [1.29, 1.82) is 0 Å². The summed E-state index contributed by atoms with van der Waals surface area (Å²) in [5, 5.41) is 4.86. The lowest BCUT2D eigenvalue weighted by atomic mass is 10.1. The minimum absolute atomic E-state index is 0.0395. The van der Waals surface area contributed by atoms with Gasteiger partial charge in [-0.3, -0.25) is 9.48 Å². The van der Waals surface area contributed by atoms with Crippen LogP contribution >= 0.6 is 0 Å². The van der Waals surface area contributed by atoms with Crippen LogP contribution in [0, 0.1) is 6.92 Å². The quantitative estimate of drug-likeness (QED) is 0.384. The molecule has 9 heteroatoms. The van der Waals surface area contributed by atoms with Gasteiger partial charge in [-0.1, -0.05) is 30.3 Å². The van der Waals surface area contributed by atoms with Gasteiger partial charge in [0.1, 0.15) is 24.4 Å². The van der Waals surface area contributed by atoms with Crippen LogP contribution in [0.4, 0.5) is 5.82 Å². The highest BCUT2D eigenvalue weighted by Crippen LogP contribution is 2.29. The topological polar surface area (TPSA) is 85.6 Å². The highest BCUT2D eigenvalue weighted by atomic mass is 16.5. The molecule has 0 atom stereocenters. The average molecular weight is 499 g/mol. The van der Waals surface area contributed by atoms with Crippen molar-refractivity contribution in [3.63, 3.8) is 0 Å². The molecular weight excluding hydrogens is 468 g/mol. The number of rotatable bonds is 7. The van der Waals surface area contributed by atoms with E-state index in [1.54, 1.807) is 14.2 Å². The van der Waals surface area contributed by atoms with Crippen molar-refractivity contribution in [1.82, 2.24) is 24.6 Å². The van der Waals surface area contributed by atoms with E-state index in [4.69, 9.17) is 14.6 Å². The average Bonchev–Trinajstić information content (AvgIpc) is 3.37. The van der Waals surface area contributed by atoms with Crippen LogP contribution in [0.3, 0.4) is 0 Å². The van der Waals surface area contributed by atoms with Gasteiger partial charge in [0, 0.05) is 37.8 Å². The number of hydrogen-bond acceptors (Lipinski definition) is 7. The minimum Gasteiger partial charge on any atom is -0.496 e. The van der Waals surface area contributed by atoms with Crippen molar-refractivity contribution in [2.75, 3.05) is 45.3 Å². The molecule has 2 aromatic carbocycles. The maximum absolute atomic E-state index is 13.4. The van der Waals surface area contributed by atoms with Gasteiger partial charge in [-0.2, -0.15) is 5.10 Å². The molecule has 190 valence electrons. The summed E-state index contributed by atoms with van der Waals surface area (Å²) in [5.41, 5.74) is 4.76. The first kappa shape index (κ1) is 24.3. The molecule has 1 aliphatic rings. The minimum atomic E-state index is 0.0395. The third-order valence-corrected chi connectivity index (χ3v) is 6.62. The first-order valence-electron chi connectivity index (χ1n) is 12.2. The van der Waals surface area contributed by atoms with E-state index in [2.05, 4.69) is 20.9 Å². The Morgan fingerprint density at radius 2 is 1.68 bits per heavy atom. The Hall–Kier alpha value is -4.40. The highest BCUT2D eigenvalue weighted by molar-refractivity contribution is 5.78. The molecular formula is C28H30N6O3. The zero-order valence-electron chi connectivity index (χ0n) is 21.3. The summed E-state index contributed by atoms with van der Waals surface area (Å²) in [6.45, 7) is 4.77. The number of aromatic nitrogens is 4. The van der Waals surface area contributed by atoms with Crippen molar-refractivity contribution >= 4 is 11.7 Å². The molecule has 4 aromatic rings. The summed E-state index contributed by atoms with van der Waals surface area (Å²) in [6.07, 6.45) is 1.50. The zero-order chi connectivity index (χ0) is 25.8. The molecule has 1 amide bonds. The molecule has 1 saturated heterocycles. The van der Waals surface area contributed by atoms with Gasteiger partial charge in [0.15, 0.2) is 0 Å². The molecule has 0 radical (unpaired) electrons. The van der Waals surface area contributed by atoms with E-state index >= 15 is 0 Å². The fourth-order valence-electron chi connectivity index (χ4n) is 4.58. The Kier molecular flexibility index (Phi) is 7.02. The molecule has 0 N–H and O–H groups in total. The predicted octanol–water partition coefficient (Wildman–Crippen LogP) is 3.68. The van der Waals surface area contributed by atoms with Crippen molar-refractivity contribution in [3.8, 4) is 34.1 Å². The molecule has 3 heterocycles. The fraction of sp³-hybridized carbons (Fsp3) is 0.286. The van der Waals surface area contributed by atoms with Crippen LogP contribution in [0.15, 0.2) is 67.0 Å². The number of anilines is 1. The summed E-state index contributed by atoms with van der Waals surface area (Å²) >= 11 is 0. The number of benzene rings is 2. The molecule has 0 spiro atoms. The zero-order valence-corrected chi connectivity index (χ0v) is 21.3. The van der Waals surface area contributed by atoms with Crippen LogP contribution < -0.4 is 14.4 Å². The second-order valence-electron chi connectivity index (χ2n) is 8.91. The predicted molar refractivity (Wildman–Crippen MR) is 142 cm³/mol. The van der Waals surface area contributed by atoms with Crippen molar-refractivity contribution in [2.45, 2.75) is 13.5 Å². The third-order valence-electron chi connectivity index (χ3n) is 6.62. The second-order valence-corrected chi connectivity index (χ2v) is 8.91. The van der Waals surface area contributed by atoms with Gasteiger partial charge in [-0.05, 0) is 42.3 Å². The summed E-state index contributed by atoms with van der Waals surface area (Å²) in [6, 6.07) is 19.9. The normalized spacial score (nSPS) is 13.5. The first-order valence-corrected chi connectivity index (χ1v) is 12.2. The van der Waals surface area contributed by atoms with Crippen LogP contribution in [0.25, 0.3) is 22.5 Å². The molecule has 2 aromatic heterocycles. The van der Waals surface area contributed by atoms with Crippen LogP contribution in [0.5, 0.6) is 11.6 Å². The van der Waals surface area contributed by atoms with Crippen molar-refractivity contribution in [2.24, 2.45) is 0 Å². The molecule has 0 aliphatic carbocycles. The van der Waals surface area contributed by atoms with Crippen LogP contribution in [-0.2, 0) is 11.3 Å². The summed E-state index contributed by atoms with van der Waals surface area (Å²) in [5.74, 6) is 2.20. The molecule has 0 bridgehead atoms. The largest absolute Gasteiger partial charge is 0.496 e. The lowest BCUT2D eigenvalue weighted by Gasteiger charge is -2.35. The van der Waals surface area contributed by atoms with Gasteiger partial charge in [-0.25, -0.2) is 9.97 Å². The van der Waals surface area contributed by atoms with E-state index in [0.717, 1.165) is 39.6 Å². The highest BCUT2D eigenvalue weighted by Gasteiger charge is 2.24. The number of carbonyl (C=O) groups excluding carboxylic acids is 1. The number of piperazine rings is 1. The first-order chi connectivity index (χ1) is 18.1. The molecule has 9 nitrogen and oxygen atoms in total. The van der Waals surface area contributed by atoms with Crippen molar-refractivity contribution < 1.29 is 14.3 Å². The molecule has 1 fully saturated rings. The number of nitrogens with zero attached hydrogens (tertiary/aromatic N) is 6. The molecule has 37 heavy (non-hydrogen) atoms. The van der Waals surface area contributed by atoms with E-state index in [-0.39, 0.29) is 12.5 Å². The van der Waals surface area contributed by atoms with Crippen molar-refractivity contribution in [3.05, 3.63) is 72.6 Å². The molecule has 0 saturated carbocycles. The van der Waals surface area contributed by atoms with E-state index in [0.29, 0.717) is 32.1 Å². The second kappa shape index (κ2) is 10.7. The fourth-order valence-corrected chi connectivity index (χ4v) is 4.58. The number of aryl methyl sites for hydroxylation is 1. The van der Waals surface area contributed by atoms with E-state index < -0.39 is 0 Å².